The molecule has 1 aromatic heterocycles. The lowest BCUT2D eigenvalue weighted by Crippen LogP contribution is -2.03. The number of carbonyl (C=O) groups excluding carboxylic acids is 1. The maximum absolute atomic E-state index is 12.3. The van der Waals surface area contributed by atoms with Crippen molar-refractivity contribution in [2.75, 3.05) is 23.8 Å². The van der Waals surface area contributed by atoms with E-state index in [1.165, 1.54) is 11.3 Å². The summed E-state index contributed by atoms with van der Waals surface area (Å²) in [5, 5.41) is 3.65. The van der Waals surface area contributed by atoms with Gasteiger partial charge < -0.3 is 16.8 Å². The summed E-state index contributed by atoms with van der Waals surface area (Å²) in [5.74, 6) is -0.0850. The first-order chi connectivity index (χ1) is 8.52. The molecule has 0 aliphatic carbocycles. The highest BCUT2D eigenvalue weighted by atomic mass is 32.1. The van der Waals surface area contributed by atoms with Gasteiger partial charge in [-0.3, -0.25) is 4.79 Å². The van der Waals surface area contributed by atoms with Crippen LogP contribution in [0, 0.1) is 6.92 Å². The van der Waals surface area contributed by atoms with Crippen LogP contribution in [-0.2, 0) is 0 Å². The van der Waals surface area contributed by atoms with Crippen molar-refractivity contribution < 1.29 is 4.79 Å². The molecule has 18 heavy (non-hydrogen) atoms. The molecule has 0 fully saturated rings. The van der Waals surface area contributed by atoms with Crippen molar-refractivity contribution in [1.82, 2.24) is 4.98 Å². The Hall–Kier alpha value is -2.08. The van der Waals surface area contributed by atoms with Gasteiger partial charge in [0.05, 0.1) is 21.9 Å². The second kappa shape index (κ2) is 4.66. The molecule has 94 valence electrons. The van der Waals surface area contributed by atoms with Crippen LogP contribution in [0.5, 0.6) is 0 Å². The molecule has 0 radical (unpaired) electrons. The lowest BCUT2D eigenvalue weighted by Gasteiger charge is -2.03. The molecule has 0 spiro atoms. The van der Waals surface area contributed by atoms with Gasteiger partial charge in [-0.25, -0.2) is 4.98 Å². The fraction of sp³-hybridized carbons (Fsp3) is 0.167. The summed E-state index contributed by atoms with van der Waals surface area (Å²) < 4.78 is 0. The van der Waals surface area contributed by atoms with E-state index < -0.39 is 0 Å². The number of benzene rings is 1. The molecule has 0 saturated carbocycles. The summed E-state index contributed by atoms with van der Waals surface area (Å²) in [4.78, 5) is 17.2. The minimum Gasteiger partial charge on any atom is -0.397 e. The van der Waals surface area contributed by atoms with Crippen LogP contribution in [0.3, 0.4) is 0 Å². The number of aryl methyl sites for hydroxylation is 1. The first-order valence-corrected chi connectivity index (χ1v) is 6.19. The number of anilines is 3. The van der Waals surface area contributed by atoms with Crippen LogP contribution in [-0.4, -0.2) is 17.8 Å². The van der Waals surface area contributed by atoms with Gasteiger partial charge in [0, 0.05) is 12.6 Å². The molecule has 6 heteroatoms. The third kappa shape index (κ3) is 2.14. The molecule has 1 aromatic carbocycles. The Kier molecular flexibility index (Phi) is 3.20. The SMILES string of the molecule is CNc1nc(C)c(C(=O)c2ccc(N)c(N)c2)s1. The summed E-state index contributed by atoms with van der Waals surface area (Å²) in [6.45, 7) is 1.81. The van der Waals surface area contributed by atoms with Gasteiger partial charge in [-0.2, -0.15) is 0 Å². The third-order valence-electron chi connectivity index (χ3n) is 2.57. The van der Waals surface area contributed by atoms with Crippen molar-refractivity contribution in [2.24, 2.45) is 0 Å². The number of hydrogen-bond acceptors (Lipinski definition) is 6. The molecule has 0 aliphatic heterocycles. The lowest BCUT2D eigenvalue weighted by molar-refractivity contribution is 0.104. The van der Waals surface area contributed by atoms with E-state index in [0.29, 0.717) is 27.5 Å². The highest BCUT2D eigenvalue weighted by Gasteiger charge is 2.17. The standard InChI is InChI=1S/C12H14N4OS/c1-6-11(18-12(15-2)16-6)10(17)7-3-4-8(13)9(14)5-7/h3-5H,13-14H2,1-2H3,(H,15,16). The number of carbonyl (C=O) groups is 1. The topological polar surface area (TPSA) is 94.0 Å². The molecule has 0 aliphatic rings. The highest BCUT2D eigenvalue weighted by molar-refractivity contribution is 7.17. The fourth-order valence-corrected chi connectivity index (χ4v) is 2.44. The van der Waals surface area contributed by atoms with Crippen molar-refractivity contribution in [3.63, 3.8) is 0 Å². The van der Waals surface area contributed by atoms with E-state index in [2.05, 4.69) is 10.3 Å². The lowest BCUT2D eigenvalue weighted by atomic mass is 10.1. The Morgan fingerprint density at radius 1 is 1.33 bits per heavy atom. The number of nitrogen functional groups attached to an aromatic ring is 2. The van der Waals surface area contributed by atoms with Crippen LogP contribution in [0.2, 0.25) is 0 Å². The molecule has 5 N–H and O–H groups in total. The van der Waals surface area contributed by atoms with Crippen molar-refractivity contribution in [2.45, 2.75) is 6.92 Å². The van der Waals surface area contributed by atoms with Crippen LogP contribution in [0.4, 0.5) is 16.5 Å². The highest BCUT2D eigenvalue weighted by Crippen LogP contribution is 2.26. The van der Waals surface area contributed by atoms with E-state index in [0.717, 1.165) is 5.13 Å². The summed E-state index contributed by atoms with van der Waals surface area (Å²) in [7, 11) is 1.77. The van der Waals surface area contributed by atoms with Crippen molar-refractivity contribution in [3.05, 3.63) is 34.3 Å². The molecule has 5 nitrogen and oxygen atoms in total. The van der Waals surface area contributed by atoms with Gasteiger partial charge in [-0.15, -0.1) is 0 Å². The van der Waals surface area contributed by atoms with Crippen LogP contribution >= 0.6 is 11.3 Å². The molecular weight excluding hydrogens is 248 g/mol. The Labute approximate surface area is 109 Å². The number of nitrogens with one attached hydrogen (secondary N) is 1. The Morgan fingerprint density at radius 3 is 2.61 bits per heavy atom. The predicted molar refractivity (Wildman–Crippen MR) is 75.1 cm³/mol. The quantitative estimate of drug-likeness (QED) is 0.580. The molecular formula is C12H14N4OS. The van der Waals surface area contributed by atoms with Crippen LogP contribution < -0.4 is 16.8 Å². The molecule has 0 amide bonds. The van der Waals surface area contributed by atoms with Gasteiger partial charge in [0.15, 0.2) is 5.13 Å². The summed E-state index contributed by atoms with van der Waals surface area (Å²) in [5.41, 5.74) is 13.5. The van der Waals surface area contributed by atoms with Gasteiger partial charge in [0.25, 0.3) is 0 Å². The zero-order chi connectivity index (χ0) is 13.3. The predicted octanol–water partition coefficient (Wildman–Crippen LogP) is 1.89. The van der Waals surface area contributed by atoms with Crippen LogP contribution in [0.25, 0.3) is 0 Å². The number of nitrogens with zero attached hydrogens (tertiary/aromatic N) is 1. The number of ketones is 1. The number of nitrogens with two attached hydrogens (primary N) is 2. The second-order valence-corrected chi connectivity index (χ2v) is 4.86. The Morgan fingerprint density at radius 2 is 2.06 bits per heavy atom. The molecule has 0 unspecified atom stereocenters. The van der Waals surface area contributed by atoms with E-state index in [4.69, 9.17) is 11.5 Å². The zero-order valence-corrected chi connectivity index (χ0v) is 11.0. The molecule has 0 atom stereocenters. The second-order valence-electron chi connectivity index (χ2n) is 3.86. The normalized spacial score (nSPS) is 10.3. The molecule has 0 bridgehead atoms. The van der Waals surface area contributed by atoms with Crippen molar-refractivity contribution >= 4 is 33.6 Å². The largest absolute Gasteiger partial charge is 0.397 e. The molecule has 0 saturated heterocycles. The van der Waals surface area contributed by atoms with E-state index in [9.17, 15) is 4.79 Å². The average molecular weight is 262 g/mol. The van der Waals surface area contributed by atoms with Crippen molar-refractivity contribution in [1.29, 1.82) is 0 Å². The summed E-state index contributed by atoms with van der Waals surface area (Å²) in [6, 6.07) is 4.90. The van der Waals surface area contributed by atoms with E-state index >= 15 is 0 Å². The maximum atomic E-state index is 12.3. The molecule has 2 rings (SSSR count). The number of aromatic nitrogens is 1. The third-order valence-corrected chi connectivity index (χ3v) is 3.74. The van der Waals surface area contributed by atoms with Gasteiger partial charge in [-0.1, -0.05) is 11.3 Å². The van der Waals surface area contributed by atoms with Gasteiger partial charge in [0.1, 0.15) is 0 Å². The van der Waals surface area contributed by atoms with E-state index in [-0.39, 0.29) is 5.78 Å². The molecule has 1 heterocycles. The smallest absolute Gasteiger partial charge is 0.205 e. The minimum absolute atomic E-state index is 0.0850. The van der Waals surface area contributed by atoms with Gasteiger partial charge >= 0.3 is 0 Å². The Balaban J connectivity index is 2.41. The van der Waals surface area contributed by atoms with Crippen LogP contribution in [0.15, 0.2) is 18.2 Å². The van der Waals surface area contributed by atoms with E-state index in [1.54, 1.807) is 25.2 Å². The first kappa shape index (κ1) is 12.4. The number of rotatable bonds is 3. The summed E-state index contributed by atoms with van der Waals surface area (Å²) in [6.07, 6.45) is 0. The first-order valence-electron chi connectivity index (χ1n) is 5.37. The van der Waals surface area contributed by atoms with Gasteiger partial charge in [0.2, 0.25) is 5.78 Å². The average Bonchev–Trinajstić information content (AvgIpc) is 2.73. The van der Waals surface area contributed by atoms with Gasteiger partial charge in [-0.05, 0) is 25.1 Å². The van der Waals surface area contributed by atoms with E-state index in [1.807, 2.05) is 6.92 Å². The number of thiazole rings is 1. The maximum Gasteiger partial charge on any atom is 0.205 e. The minimum atomic E-state index is -0.0850. The number of hydrogen-bond donors (Lipinski definition) is 3. The van der Waals surface area contributed by atoms with Crippen molar-refractivity contribution in [3.8, 4) is 0 Å². The zero-order valence-electron chi connectivity index (χ0n) is 10.2. The summed E-state index contributed by atoms with van der Waals surface area (Å²) >= 11 is 1.33. The monoisotopic (exact) mass is 262 g/mol. The molecule has 2 aromatic rings. The van der Waals surface area contributed by atoms with Crippen LogP contribution in [0.1, 0.15) is 20.9 Å². The Bertz CT molecular complexity index is 606. The fourth-order valence-electron chi connectivity index (χ4n) is 1.56.